The van der Waals surface area contributed by atoms with Crippen molar-refractivity contribution in [2.24, 2.45) is 0 Å². The predicted octanol–water partition coefficient (Wildman–Crippen LogP) is 3.33. The van der Waals surface area contributed by atoms with E-state index in [0.29, 0.717) is 14.8 Å². The Hall–Kier alpha value is -1.37. The zero-order valence-corrected chi connectivity index (χ0v) is 12.2. The van der Waals surface area contributed by atoms with Crippen molar-refractivity contribution in [3.05, 3.63) is 43.2 Å². The molecule has 2 aromatic heterocycles. The number of amides is 1. The molecule has 0 bridgehead atoms. The summed E-state index contributed by atoms with van der Waals surface area (Å²) in [5, 5.41) is 15.6. The second-order valence-electron chi connectivity index (χ2n) is 3.82. The summed E-state index contributed by atoms with van der Waals surface area (Å²) in [6.45, 7) is 1.80. The Kier molecular flexibility index (Phi) is 4.24. The normalized spacial score (nSPS) is 12.1. The van der Waals surface area contributed by atoms with Crippen LogP contribution in [0, 0.1) is 6.92 Å². The van der Waals surface area contributed by atoms with Crippen molar-refractivity contribution in [3.63, 3.8) is 0 Å². The van der Waals surface area contributed by atoms with Gasteiger partial charge in [0.1, 0.15) is 4.88 Å². The van der Waals surface area contributed by atoms with Crippen molar-refractivity contribution in [2.75, 3.05) is 0 Å². The molecule has 0 radical (unpaired) electrons. The quantitative estimate of drug-likeness (QED) is 0.909. The molecule has 0 fully saturated rings. The number of carboxylic acid groups (broad SMARTS) is 1. The molecule has 0 aliphatic heterocycles. The molecule has 19 heavy (non-hydrogen) atoms. The number of carboxylic acids is 1. The van der Waals surface area contributed by atoms with E-state index < -0.39 is 17.9 Å². The third-order valence-electron chi connectivity index (χ3n) is 2.46. The zero-order valence-electron chi connectivity index (χ0n) is 9.84. The van der Waals surface area contributed by atoms with E-state index in [1.807, 2.05) is 0 Å². The van der Waals surface area contributed by atoms with Gasteiger partial charge in [-0.15, -0.1) is 22.7 Å². The topological polar surface area (TPSA) is 66.4 Å². The number of nitrogens with one attached hydrogen (secondary N) is 1. The molecule has 100 valence electrons. The van der Waals surface area contributed by atoms with E-state index in [9.17, 15) is 14.7 Å². The minimum atomic E-state index is -1.10. The molecule has 1 amide bonds. The highest BCUT2D eigenvalue weighted by Crippen LogP contribution is 2.28. The summed E-state index contributed by atoms with van der Waals surface area (Å²) in [6.07, 6.45) is 0. The standard InChI is InChI=1S/C12H10ClNO3S2/c1-6-5-19-10(8(6)13)11(15)14-9(12(16)17)7-3-2-4-18-7/h2-5,9H,1H3,(H,14,15)(H,16,17). The Morgan fingerprint density at radius 3 is 2.63 bits per heavy atom. The smallest absolute Gasteiger partial charge is 0.331 e. The van der Waals surface area contributed by atoms with E-state index in [0.717, 1.165) is 5.56 Å². The number of thiophene rings is 2. The van der Waals surface area contributed by atoms with Gasteiger partial charge in [-0.3, -0.25) is 4.79 Å². The number of carbonyl (C=O) groups excluding carboxylic acids is 1. The highest BCUT2D eigenvalue weighted by atomic mass is 35.5. The van der Waals surface area contributed by atoms with E-state index >= 15 is 0 Å². The van der Waals surface area contributed by atoms with Crippen LogP contribution in [-0.2, 0) is 4.79 Å². The first kappa shape index (κ1) is 14.0. The van der Waals surface area contributed by atoms with Crippen LogP contribution in [0.2, 0.25) is 5.02 Å². The van der Waals surface area contributed by atoms with Gasteiger partial charge >= 0.3 is 5.97 Å². The third kappa shape index (κ3) is 2.97. The lowest BCUT2D eigenvalue weighted by molar-refractivity contribution is -0.139. The Morgan fingerprint density at radius 2 is 2.16 bits per heavy atom. The molecule has 0 aliphatic carbocycles. The molecule has 0 aromatic carbocycles. The van der Waals surface area contributed by atoms with Gasteiger partial charge in [-0.05, 0) is 29.3 Å². The monoisotopic (exact) mass is 315 g/mol. The van der Waals surface area contributed by atoms with Crippen LogP contribution in [0.25, 0.3) is 0 Å². The van der Waals surface area contributed by atoms with Gasteiger partial charge in [0.05, 0.1) is 5.02 Å². The number of halogens is 1. The number of hydrogen-bond donors (Lipinski definition) is 2. The average Bonchev–Trinajstić information content (AvgIpc) is 2.98. The predicted molar refractivity (Wildman–Crippen MR) is 76.2 cm³/mol. The van der Waals surface area contributed by atoms with E-state index in [4.69, 9.17) is 11.6 Å². The SMILES string of the molecule is Cc1csc(C(=O)NC(C(=O)O)c2cccs2)c1Cl. The molecule has 1 unspecified atom stereocenters. The molecule has 2 N–H and O–H groups in total. The maximum Gasteiger partial charge on any atom is 0.331 e. The number of hydrogen-bond acceptors (Lipinski definition) is 4. The summed E-state index contributed by atoms with van der Waals surface area (Å²) >= 11 is 8.48. The third-order valence-corrected chi connectivity index (χ3v) is 5.09. The number of rotatable bonds is 4. The molecular formula is C12H10ClNO3S2. The fraction of sp³-hybridized carbons (Fsp3) is 0.167. The lowest BCUT2D eigenvalue weighted by Crippen LogP contribution is -2.32. The van der Waals surface area contributed by atoms with Crippen LogP contribution >= 0.6 is 34.3 Å². The largest absolute Gasteiger partial charge is 0.479 e. The van der Waals surface area contributed by atoms with Gasteiger partial charge in [0.25, 0.3) is 5.91 Å². The molecule has 4 nitrogen and oxygen atoms in total. The Labute approximate surface area is 122 Å². The van der Waals surface area contributed by atoms with Gasteiger partial charge in [0, 0.05) is 4.88 Å². The lowest BCUT2D eigenvalue weighted by atomic mass is 10.2. The molecule has 2 aromatic rings. The molecular weight excluding hydrogens is 306 g/mol. The Bertz CT molecular complexity index is 607. The molecule has 1 atom stereocenters. The number of aliphatic carboxylic acids is 1. The highest BCUT2D eigenvalue weighted by molar-refractivity contribution is 7.13. The van der Waals surface area contributed by atoms with E-state index in [1.165, 1.54) is 22.7 Å². The van der Waals surface area contributed by atoms with Crippen molar-refractivity contribution in [2.45, 2.75) is 13.0 Å². The van der Waals surface area contributed by atoms with Gasteiger partial charge in [-0.25, -0.2) is 4.79 Å². The summed E-state index contributed by atoms with van der Waals surface area (Å²) < 4.78 is 0. The van der Waals surface area contributed by atoms with Crippen LogP contribution < -0.4 is 5.32 Å². The second kappa shape index (κ2) is 5.73. The fourth-order valence-electron chi connectivity index (χ4n) is 1.49. The van der Waals surface area contributed by atoms with Crippen LogP contribution in [0.3, 0.4) is 0 Å². The molecule has 0 spiro atoms. The molecule has 2 rings (SSSR count). The van der Waals surface area contributed by atoms with Crippen LogP contribution in [0.5, 0.6) is 0 Å². The molecule has 0 saturated carbocycles. The van der Waals surface area contributed by atoms with Gasteiger partial charge in [-0.2, -0.15) is 0 Å². The number of carbonyl (C=O) groups is 2. The summed E-state index contributed by atoms with van der Waals surface area (Å²) in [7, 11) is 0. The van der Waals surface area contributed by atoms with Crippen LogP contribution in [0.4, 0.5) is 0 Å². The van der Waals surface area contributed by atoms with Crippen molar-refractivity contribution >= 4 is 46.2 Å². The van der Waals surface area contributed by atoms with Crippen molar-refractivity contribution < 1.29 is 14.7 Å². The molecule has 7 heteroatoms. The summed E-state index contributed by atoms with van der Waals surface area (Å²) in [5.74, 6) is -1.57. The summed E-state index contributed by atoms with van der Waals surface area (Å²) in [4.78, 5) is 24.2. The van der Waals surface area contributed by atoms with Crippen molar-refractivity contribution in [1.82, 2.24) is 5.32 Å². The van der Waals surface area contributed by atoms with Gasteiger partial charge in [-0.1, -0.05) is 17.7 Å². The van der Waals surface area contributed by atoms with Crippen molar-refractivity contribution in [3.8, 4) is 0 Å². The number of aryl methyl sites for hydroxylation is 1. The maximum atomic E-state index is 12.0. The van der Waals surface area contributed by atoms with E-state index in [2.05, 4.69) is 5.32 Å². The Morgan fingerprint density at radius 1 is 1.42 bits per heavy atom. The maximum absolute atomic E-state index is 12.0. The Balaban J connectivity index is 2.21. The first-order valence-corrected chi connectivity index (χ1v) is 7.45. The van der Waals surface area contributed by atoms with Gasteiger partial charge in [0.2, 0.25) is 0 Å². The fourth-order valence-corrected chi connectivity index (χ4v) is 3.44. The van der Waals surface area contributed by atoms with Crippen LogP contribution in [0.15, 0.2) is 22.9 Å². The van der Waals surface area contributed by atoms with Crippen LogP contribution in [-0.4, -0.2) is 17.0 Å². The van der Waals surface area contributed by atoms with Gasteiger partial charge in [0.15, 0.2) is 6.04 Å². The van der Waals surface area contributed by atoms with E-state index in [-0.39, 0.29) is 0 Å². The average molecular weight is 316 g/mol. The summed E-state index contributed by atoms with van der Waals surface area (Å²) in [5.41, 5.74) is 0.805. The highest BCUT2D eigenvalue weighted by Gasteiger charge is 2.25. The molecule has 0 saturated heterocycles. The second-order valence-corrected chi connectivity index (χ2v) is 6.06. The first-order chi connectivity index (χ1) is 9.00. The molecule has 0 aliphatic rings. The van der Waals surface area contributed by atoms with E-state index in [1.54, 1.807) is 29.8 Å². The van der Waals surface area contributed by atoms with Crippen molar-refractivity contribution in [1.29, 1.82) is 0 Å². The molecule has 2 heterocycles. The van der Waals surface area contributed by atoms with Crippen LogP contribution in [0.1, 0.15) is 26.2 Å². The summed E-state index contributed by atoms with van der Waals surface area (Å²) in [6, 6.07) is 2.36. The first-order valence-electron chi connectivity index (χ1n) is 5.31. The zero-order chi connectivity index (χ0) is 14.0. The lowest BCUT2D eigenvalue weighted by Gasteiger charge is -2.12. The van der Waals surface area contributed by atoms with Gasteiger partial charge < -0.3 is 10.4 Å². The minimum Gasteiger partial charge on any atom is -0.479 e. The minimum absolute atomic E-state index is 0.335.